The van der Waals surface area contributed by atoms with E-state index < -0.39 is 0 Å². The minimum atomic E-state index is 0.192. The molecule has 0 radical (unpaired) electrons. The molecule has 0 bridgehead atoms. The summed E-state index contributed by atoms with van der Waals surface area (Å²) in [4.78, 5) is 0. The zero-order valence-electron chi connectivity index (χ0n) is 13.8. The third kappa shape index (κ3) is 2.35. The Balaban J connectivity index is 1.78. The molecule has 3 atom stereocenters. The van der Waals surface area contributed by atoms with Crippen LogP contribution in [0.2, 0.25) is 5.02 Å². The van der Waals surface area contributed by atoms with Crippen molar-refractivity contribution in [3.8, 4) is 11.5 Å². The van der Waals surface area contributed by atoms with Gasteiger partial charge in [0.2, 0.25) is 0 Å². The molecule has 1 N–H and O–H groups in total. The highest BCUT2D eigenvalue weighted by molar-refractivity contribution is 6.33. The van der Waals surface area contributed by atoms with Crippen LogP contribution in [0.15, 0.2) is 48.6 Å². The Labute approximate surface area is 147 Å². The van der Waals surface area contributed by atoms with Gasteiger partial charge in [0.1, 0.15) is 0 Å². The van der Waals surface area contributed by atoms with Gasteiger partial charge in [-0.25, -0.2) is 0 Å². The van der Waals surface area contributed by atoms with Gasteiger partial charge in [0.25, 0.3) is 0 Å². The molecule has 0 amide bonds. The summed E-state index contributed by atoms with van der Waals surface area (Å²) in [6.45, 7) is 0. The normalized spacial score (nSPS) is 24.0. The minimum absolute atomic E-state index is 0.192. The Morgan fingerprint density at radius 2 is 1.92 bits per heavy atom. The first-order valence-electron chi connectivity index (χ1n) is 8.16. The molecule has 0 spiro atoms. The van der Waals surface area contributed by atoms with E-state index in [1.54, 1.807) is 14.2 Å². The van der Waals surface area contributed by atoms with Crippen LogP contribution in [0.1, 0.15) is 29.5 Å². The summed E-state index contributed by atoms with van der Waals surface area (Å²) in [5, 5.41) is 4.45. The van der Waals surface area contributed by atoms with Crippen molar-refractivity contribution in [2.75, 3.05) is 19.5 Å². The number of benzene rings is 2. The lowest BCUT2D eigenvalue weighted by atomic mass is 9.77. The van der Waals surface area contributed by atoms with E-state index in [1.807, 2.05) is 18.2 Å². The van der Waals surface area contributed by atoms with Crippen LogP contribution in [0, 0.1) is 5.92 Å². The molecule has 124 valence electrons. The fourth-order valence-corrected chi connectivity index (χ4v) is 4.20. The average molecular weight is 342 g/mol. The standard InChI is InChI=1S/C20H20ClNO2/c1-23-17-10-9-12(11-18(17)24-2)19-14-6-3-5-13(14)15-7-4-8-16(21)20(15)22-19/h3-5,7-11,13-14,19,22H,6H2,1-2H3/t13-,14+,19+/m1/s1. The molecule has 1 aliphatic carbocycles. The van der Waals surface area contributed by atoms with E-state index in [0.717, 1.165) is 28.6 Å². The van der Waals surface area contributed by atoms with E-state index in [4.69, 9.17) is 21.1 Å². The van der Waals surface area contributed by atoms with Gasteiger partial charge in [-0.05, 0) is 41.7 Å². The van der Waals surface area contributed by atoms with Crippen molar-refractivity contribution in [1.29, 1.82) is 0 Å². The molecule has 0 saturated heterocycles. The molecular formula is C20H20ClNO2. The maximum Gasteiger partial charge on any atom is 0.161 e. The third-order valence-electron chi connectivity index (χ3n) is 5.11. The number of halogens is 1. The Bertz CT molecular complexity index is 802. The highest BCUT2D eigenvalue weighted by atomic mass is 35.5. The first kappa shape index (κ1) is 15.4. The lowest BCUT2D eigenvalue weighted by Crippen LogP contribution is -2.29. The second-order valence-electron chi connectivity index (χ2n) is 6.29. The summed E-state index contributed by atoms with van der Waals surface area (Å²) in [6, 6.07) is 12.5. The van der Waals surface area contributed by atoms with Crippen LogP contribution in [0.5, 0.6) is 11.5 Å². The Morgan fingerprint density at radius 3 is 2.71 bits per heavy atom. The van der Waals surface area contributed by atoms with Gasteiger partial charge in [-0.15, -0.1) is 0 Å². The summed E-state index contributed by atoms with van der Waals surface area (Å²) < 4.78 is 10.8. The fraction of sp³-hybridized carbons (Fsp3) is 0.300. The Kier molecular flexibility index (Phi) is 3.89. The summed E-state index contributed by atoms with van der Waals surface area (Å²) in [7, 11) is 3.32. The zero-order chi connectivity index (χ0) is 16.7. The van der Waals surface area contributed by atoms with Gasteiger partial charge < -0.3 is 14.8 Å². The van der Waals surface area contributed by atoms with Gasteiger partial charge >= 0.3 is 0 Å². The van der Waals surface area contributed by atoms with Crippen LogP contribution in [0.3, 0.4) is 0 Å². The average Bonchev–Trinajstić information content (AvgIpc) is 3.11. The van der Waals surface area contributed by atoms with Crippen molar-refractivity contribution in [1.82, 2.24) is 0 Å². The topological polar surface area (TPSA) is 30.5 Å². The molecule has 0 unspecified atom stereocenters. The van der Waals surface area contributed by atoms with Crippen molar-refractivity contribution >= 4 is 17.3 Å². The number of methoxy groups -OCH3 is 2. The van der Waals surface area contributed by atoms with E-state index in [0.29, 0.717) is 11.8 Å². The molecule has 0 saturated carbocycles. The van der Waals surface area contributed by atoms with E-state index in [1.165, 1.54) is 11.1 Å². The third-order valence-corrected chi connectivity index (χ3v) is 5.43. The minimum Gasteiger partial charge on any atom is -0.493 e. The smallest absolute Gasteiger partial charge is 0.161 e. The molecule has 1 heterocycles. The van der Waals surface area contributed by atoms with Gasteiger partial charge in [0.15, 0.2) is 11.5 Å². The summed E-state index contributed by atoms with van der Waals surface area (Å²) in [5.41, 5.74) is 3.53. The van der Waals surface area contributed by atoms with Crippen LogP contribution in [0.25, 0.3) is 0 Å². The van der Waals surface area contributed by atoms with E-state index in [9.17, 15) is 0 Å². The summed E-state index contributed by atoms with van der Waals surface area (Å²) in [6.07, 6.45) is 5.65. The van der Waals surface area contributed by atoms with Gasteiger partial charge in [-0.3, -0.25) is 0 Å². The number of para-hydroxylation sites is 1. The molecule has 4 heteroatoms. The highest BCUT2D eigenvalue weighted by Gasteiger charge is 2.38. The Hall–Kier alpha value is -2.13. The molecule has 3 nitrogen and oxygen atoms in total. The summed E-state index contributed by atoms with van der Waals surface area (Å²) >= 11 is 6.46. The second-order valence-corrected chi connectivity index (χ2v) is 6.70. The molecule has 4 rings (SSSR count). The van der Waals surface area contributed by atoms with E-state index in [2.05, 4.69) is 35.7 Å². The van der Waals surface area contributed by atoms with Crippen molar-refractivity contribution in [3.63, 3.8) is 0 Å². The molecule has 0 fully saturated rings. The van der Waals surface area contributed by atoms with Crippen LogP contribution < -0.4 is 14.8 Å². The monoisotopic (exact) mass is 341 g/mol. The maximum atomic E-state index is 6.46. The molecule has 24 heavy (non-hydrogen) atoms. The zero-order valence-corrected chi connectivity index (χ0v) is 14.5. The maximum absolute atomic E-state index is 6.46. The molecule has 2 aromatic rings. The lowest BCUT2D eigenvalue weighted by Gasteiger charge is -2.38. The molecule has 0 aromatic heterocycles. The highest BCUT2D eigenvalue weighted by Crippen LogP contribution is 2.51. The van der Waals surface area contributed by atoms with Gasteiger partial charge in [-0.2, -0.15) is 0 Å². The number of allylic oxidation sites excluding steroid dienone is 2. The molecule has 2 aromatic carbocycles. The largest absolute Gasteiger partial charge is 0.493 e. The number of anilines is 1. The lowest BCUT2D eigenvalue weighted by molar-refractivity contribution is 0.353. The fourth-order valence-electron chi connectivity index (χ4n) is 3.96. The summed E-state index contributed by atoms with van der Waals surface area (Å²) in [5.74, 6) is 2.38. The SMILES string of the molecule is COc1ccc([C@@H]2Nc3c(Cl)cccc3[C@@H]3C=CC[C@@H]32)cc1OC. The number of rotatable bonds is 3. The van der Waals surface area contributed by atoms with Crippen LogP contribution in [-0.2, 0) is 0 Å². The Morgan fingerprint density at radius 1 is 1.08 bits per heavy atom. The molecule has 1 aliphatic heterocycles. The van der Waals surface area contributed by atoms with Gasteiger partial charge in [-0.1, -0.05) is 42.0 Å². The van der Waals surface area contributed by atoms with Crippen LogP contribution in [-0.4, -0.2) is 14.2 Å². The first-order chi connectivity index (χ1) is 11.7. The van der Waals surface area contributed by atoms with Crippen molar-refractivity contribution in [2.24, 2.45) is 5.92 Å². The number of hydrogen-bond donors (Lipinski definition) is 1. The molecule has 2 aliphatic rings. The number of fused-ring (bicyclic) bond motifs is 3. The van der Waals surface area contributed by atoms with Crippen molar-refractivity contribution in [2.45, 2.75) is 18.4 Å². The first-order valence-corrected chi connectivity index (χ1v) is 8.54. The number of ether oxygens (including phenoxy) is 2. The van der Waals surface area contributed by atoms with Crippen LogP contribution in [0.4, 0.5) is 5.69 Å². The number of nitrogens with one attached hydrogen (secondary N) is 1. The van der Waals surface area contributed by atoms with Crippen molar-refractivity contribution in [3.05, 3.63) is 64.7 Å². The van der Waals surface area contributed by atoms with E-state index in [-0.39, 0.29) is 6.04 Å². The van der Waals surface area contributed by atoms with Crippen molar-refractivity contribution < 1.29 is 9.47 Å². The number of hydrogen-bond acceptors (Lipinski definition) is 3. The predicted molar refractivity (Wildman–Crippen MR) is 97.3 cm³/mol. The van der Waals surface area contributed by atoms with Crippen LogP contribution >= 0.6 is 11.6 Å². The second kappa shape index (κ2) is 6.06. The van der Waals surface area contributed by atoms with Gasteiger partial charge in [0.05, 0.1) is 31.0 Å². The quantitative estimate of drug-likeness (QED) is 0.780. The van der Waals surface area contributed by atoms with Gasteiger partial charge in [0, 0.05) is 5.92 Å². The predicted octanol–water partition coefficient (Wildman–Crippen LogP) is 5.18. The van der Waals surface area contributed by atoms with E-state index >= 15 is 0 Å². The molecular weight excluding hydrogens is 322 g/mol.